The van der Waals surface area contributed by atoms with Gasteiger partial charge in [-0.05, 0) is 83.2 Å². The summed E-state index contributed by atoms with van der Waals surface area (Å²) in [5.41, 5.74) is 7.31. The monoisotopic (exact) mass is 571 g/mol. The number of benzene rings is 6. The summed E-state index contributed by atoms with van der Waals surface area (Å²) in [6.07, 6.45) is 7.71. The molecule has 6 aromatic rings. The molecule has 1 nitrogen and oxygen atoms in total. The molecule has 1 saturated carbocycles. The first-order valence-corrected chi connectivity index (χ1v) is 16.5. The summed E-state index contributed by atoms with van der Waals surface area (Å²) in [5.74, 6) is 0.619. The van der Waals surface area contributed by atoms with Gasteiger partial charge in [-0.2, -0.15) is 0 Å². The first kappa shape index (κ1) is 28.6. The maximum absolute atomic E-state index is 2.47. The summed E-state index contributed by atoms with van der Waals surface area (Å²) in [5, 5.41) is 7.82. The van der Waals surface area contributed by atoms with Crippen LogP contribution in [0.3, 0.4) is 0 Å². The van der Waals surface area contributed by atoms with Gasteiger partial charge < -0.3 is 4.90 Å². The Kier molecular flexibility index (Phi) is 8.36. The van der Waals surface area contributed by atoms with Gasteiger partial charge in [0.2, 0.25) is 6.71 Å². The van der Waals surface area contributed by atoms with Crippen molar-refractivity contribution in [1.29, 1.82) is 0 Å². The molecule has 1 aliphatic carbocycles. The molecule has 0 aromatic heterocycles. The molecule has 7 rings (SSSR count). The van der Waals surface area contributed by atoms with Crippen LogP contribution in [0.25, 0.3) is 37.8 Å². The summed E-state index contributed by atoms with van der Waals surface area (Å²) >= 11 is 0. The number of hydrogen-bond donors (Lipinski definition) is 0. The number of hydrogen-bond acceptors (Lipinski definition) is 1. The van der Waals surface area contributed by atoms with Gasteiger partial charge >= 0.3 is 0 Å². The third-order valence-corrected chi connectivity index (χ3v) is 9.84. The van der Waals surface area contributed by atoms with Crippen LogP contribution in [0.5, 0.6) is 0 Å². The Balaban J connectivity index is 1.54. The van der Waals surface area contributed by atoms with Crippen molar-refractivity contribution in [2.45, 2.75) is 38.5 Å². The normalized spacial score (nSPS) is 14.8. The minimum Gasteiger partial charge on any atom is -0.309 e. The molecule has 0 heterocycles. The molecule has 1 fully saturated rings. The Bertz CT molecular complexity index is 1870. The molecule has 44 heavy (non-hydrogen) atoms. The fraction of sp³-hybridized carbons (Fsp3) is 0.238. The minimum absolute atomic E-state index is 0.129. The Hall–Kier alpha value is -4.14. The molecule has 1 aliphatic rings. The molecular formula is C42H42BN. The van der Waals surface area contributed by atoms with Crippen molar-refractivity contribution in [2.75, 3.05) is 20.6 Å². The number of nitrogens with zero attached hydrogens (tertiary/aromatic N) is 1. The van der Waals surface area contributed by atoms with Gasteiger partial charge in [0, 0.05) is 6.54 Å². The summed E-state index contributed by atoms with van der Waals surface area (Å²) in [7, 11) is 4.44. The van der Waals surface area contributed by atoms with E-state index >= 15 is 0 Å². The second kappa shape index (κ2) is 12.8. The highest BCUT2D eigenvalue weighted by Crippen LogP contribution is 2.38. The second-order valence-corrected chi connectivity index (χ2v) is 13.0. The zero-order chi connectivity index (χ0) is 29.9. The highest BCUT2D eigenvalue weighted by molar-refractivity contribution is 7.00. The van der Waals surface area contributed by atoms with E-state index in [1.807, 2.05) is 0 Å². The third-order valence-electron chi connectivity index (χ3n) is 9.84. The first-order valence-electron chi connectivity index (χ1n) is 16.5. The molecule has 6 aromatic carbocycles. The summed E-state index contributed by atoms with van der Waals surface area (Å²) in [6, 6.07) is 48.0. The fourth-order valence-corrected chi connectivity index (χ4v) is 7.55. The molecule has 0 spiro atoms. The average molecular weight is 572 g/mol. The van der Waals surface area contributed by atoms with Crippen molar-refractivity contribution < 1.29 is 0 Å². The van der Waals surface area contributed by atoms with Gasteiger partial charge in [0.25, 0.3) is 0 Å². The van der Waals surface area contributed by atoms with Crippen molar-refractivity contribution >= 4 is 55.4 Å². The van der Waals surface area contributed by atoms with Gasteiger partial charge in [-0.25, -0.2) is 0 Å². The molecule has 0 saturated heterocycles. The zero-order valence-electron chi connectivity index (χ0n) is 26.2. The maximum atomic E-state index is 2.47. The second-order valence-electron chi connectivity index (χ2n) is 13.0. The largest absolute Gasteiger partial charge is 0.309 e. The molecule has 0 atom stereocenters. The van der Waals surface area contributed by atoms with E-state index in [0.717, 1.165) is 13.0 Å². The van der Waals surface area contributed by atoms with Crippen LogP contribution in [0.1, 0.15) is 44.1 Å². The SMILES string of the molecule is CN(C)CC/C(=C(\B(c1ccc2ccccc2c1)c1ccc2ccccc2c1)c1ccc2ccccc2c1)C1CCCCC1. The maximum Gasteiger partial charge on any atom is 0.241 e. The van der Waals surface area contributed by atoms with Crippen molar-refractivity contribution in [3.05, 3.63) is 139 Å². The van der Waals surface area contributed by atoms with Crippen LogP contribution in [0.4, 0.5) is 0 Å². The average Bonchev–Trinajstić information content (AvgIpc) is 3.07. The van der Waals surface area contributed by atoms with Gasteiger partial charge in [0.15, 0.2) is 0 Å². The number of fused-ring (bicyclic) bond motifs is 3. The molecule has 0 bridgehead atoms. The highest BCUT2D eigenvalue weighted by Gasteiger charge is 2.31. The van der Waals surface area contributed by atoms with Gasteiger partial charge in [-0.15, -0.1) is 0 Å². The molecule has 218 valence electrons. The van der Waals surface area contributed by atoms with E-state index in [1.54, 1.807) is 5.57 Å². The van der Waals surface area contributed by atoms with Crippen molar-refractivity contribution in [3.8, 4) is 0 Å². The molecule has 0 amide bonds. The fourth-order valence-electron chi connectivity index (χ4n) is 7.55. The summed E-state index contributed by atoms with van der Waals surface area (Å²) in [4.78, 5) is 2.36. The van der Waals surface area contributed by atoms with Crippen molar-refractivity contribution in [3.63, 3.8) is 0 Å². The van der Waals surface area contributed by atoms with Gasteiger partial charge in [0.1, 0.15) is 0 Å². The lowest BCUT2D eigenvalue weighted by Crippen LogP contribution is -2.44. The predicted octanol–water partition coefficient (Wildman–Crippen LogP) is 9.28. The standard InChI is InChI=1S/C42H42BN/c1-44(2)27-26-41(34-15-4-3-5-16-34)42(38-21-20-31-12-6-9-17-35(31)28-38)43(39-24-22-32-13-7-10-18-36(32)29-39)40-25-23-33-14-8-11-19-37(33)30-40/h6-14,17-25,28-30,34H,3-5,15-16,26-27H2,1-2H3/b42-41+. The minimum atomic E-state index is 0.129. The van der Waals surface area contributed by atoms with E-state index in [0.29, 0.717) is 5.92 Å². The molecular weight excluding hydrogens is 529 g/mol. The van der Waals surface area contributed by atoms with Gasteiger partial charge in [-0.1, -0.05) is 163 Å². The van der Waals surface area contributed by atoms with Gasteiger partial charge in [0.05, 0.1) is 0 Å². The molecule has 0 unspecified atom stereocenters. The van der Waals surface area contributed by atoms with Crippen LogP contribution < -0.4 is 10.9 Å². The Labute approximate surface area is 263 Å². The van der Waals surface area contributed by atoms with Crippen LogP contribution in [-0.2, 0) is 0 Å². The van der Waals surface area contributed by atoms with Crippen LogP contribution in [0.15, 0.2) is 133 Å². The molecule has 2 heteroatoms. The summed E-state index contributed by atoms with van der Waals surface area (Å²) < 4.78 is 0. The molecule has 0 aliphatic heterocycles. The van der Waals surface area contributed by atoms with E-state index in [-0.39, 0.29) is 6.71 Å². The van der Waals surface area contributed by atoms with E-state index < -0.39 is 0 Å². The van der Waals surface area contributed by atoms with Crippen LogP contribution in [0.2, 0.25) is 0 Å². The smallest absolute Gasteiger partial charge is 0.241 e. The van der Waals surface area contributed by atoms with Gasteiger partial charge in [-0.3, -0.25) is 0 Å². The topological polar surface area (TPSA) is 3.24 Å². The Morgan fingerprint density at radius 2 is 1.05 bits per heavy atom. The van der Waals surface area contributed by atoms with Crippen molar-refractivity contribution in [2.24, 2.45) is 5.92 Å². The highest BCUT2D eigenvalue weighted by atomic mass is 15.0. The predicted molar refractivity (Wildman–Crippen MR) is 194 cm³/mol. The Morgan fingerprint density at radius 1 is 0.568 bits per heavy atom. The van der Waals surface area contributed by atoms with Crippen LogP contribution in [0, 0.1) is 5.92 Å². The summed E-state index contributed by atoms with van der Waals surface area (Å²) in [6.45, 7) is 1.19. The molecule has 0 N–H and O–H groups in total. The van der Waals surface area contributed by atoms with E-state index in [4.69, 9.17) is 0 Å². The lowest BCUT2D eigenvalue weighted by Gasteiger charge is -2.32. The van der Waals surface area contributed by atoms with E-state index in [9.17, 15) is 0 Å². The molecule has 0 radical (unpaired) electrons. The third kappa shape index (κ3) is 5.97. The van der Waals surface area contributed by atoms with Crippen molar-refractivity contribution in [1.82, 2.24) is 4.90 Å². The number of rotatable bonds is 8. The first-order chi connectivity index (χ1) is 21.6. The van der Waals surface area contributed by atoms with E-state index in [1.165, 1.54) is 86.4 Å². The zero-order valence-corrected chi connectivity index (χ0v) is 26.2. The van der Waals surface area contributed by atoms with Crippen LogP contribution >= 0.6 is 0 Å². The van der Waals surface area contributed by atoms with Crippen LogP contribution in [-0.4, -0.2) is 32.3 Å². The lowest BCUT2D eigenvalue weighted by atomic mass is 9.34. The van der Waals surface area contributed by atoms with E-state index in [2.05, 4.69) is 146 Å². The lowest BCUT2D eigenvalue weighted by molar-refractivity contribution is 0.368. The Morgan fingerprint density at radius 3 is 1.57 bits per heavy atom. The quantitative estimate of drug-likeness (QED) is 0.165.